The van der Waals surface area contributed by atoms with Crippen LogP contribution in [0.2, 0.25) is 0 Å². The monoisotopic (exact) mass is 316 g/mol. The van der Waals surface area contributed by atoms with Crippen molar-refractivity contribution in [2.24, 2.45) is 0 Å². The summed E-state index contributed by atoms with van der Waals surface area (Å²) in [5.41, 5.74) is 1.61. The van der Waals surface area contributed by atoms with Crippen molar-refractivity contribution in [3.05, 3.63) is 53.8 Å². The van der Waals surface area contributed by atoms with Gasteiger partial charge in [-0.1, -0.05) is 18.2 Å². The molecule has 0 unspecified atom stereocenters. The molecule has 1 aliphatic rings. The Labute approximate surface area is 131 Å². The standard InChI is InChI=1S/C16H13FN2O2S/c17-12-4-2-1-3-10(12)7-15(20)18-11-5-6-14-13(8-11)19-16(21)9-22-14/h1-6,8H,7,9H2,(H,18,20)(H,19,21). The van der Waals surface area contributed by atoms with Gasteiger partial charge in [-0.3, -0.25) is 9.59 Å². The molecule has 6 heteroatoms. The third kappa shape index (κ3) is 3.28. The molecule has 22 heavy (non-hydrogen) atoms. The lowest BCUT2D eigenvalue weighted by Gasteiger charge is -2.17. The van der Waals surface area contributed by atoms with Crippen LogP contribution in [0, 0.1) is 5.82 Å². The molecule has 0 spiro atoms. The molecule has 0 atom stereocenters. The number of carbonyl (C=O) groups excluding carboxylic acids is 2. The van der Waals surface area contributed by atoms with Gasteiger partial charge in [-0.2, -0.15) is 0 Å². The number of anilines is 2. The first-order valence-electron chi connectivity index (χ1n) is 6.72. The van der Waals surface area contributed by atoms with Crippen LogP contribution >= 0.6 is 11.8 Å². The highest BCUT2D eigenvalue weighted by molar-refractivity contribution is 8.00. The van der Waals surface area contributed by atoms with E-state index in [0.29, 0.717) is 22.7 Å². The summed E-state index contributed by atoms with van der Waals surface area (Å²) in [4.78, 5) is 24.3. The second-order valence-electron chi connectivity index (χ2n) is 4.86. The lowest BCUT2D eigenvalue weighted by Crippen LogP contribution is -2.19. The number of fused-ring (bicyclic) bond motifs is 1. The van der Waals surface area contributed by atoms with E-state index in [9.17, 15) is 14.0 Å². The lowest BCUT2D eigenvalue weighted by molar-refractivity contribution is -0.115. The van der Waals surface area contributed by atoms with Crippen molar-refractivity contribution in [2.45, 2.75) is 11.3 Å². The Kier molecular flexibility index (Phi) is 4.11. The third-order valence-corrected chi connectivity index (χ3v) is 4.28. The van der Waals surface area contributed by atoms with Crippen LogP contribution in [0.3, 0.4) is 0 Å². The fraction of sp³-hybridized carbons (Fsp3) is 0.125. The number of amides is 2. The van der Waals surface area contributed by atoms with Crippen molar-refractivity contribution >= 4 is 35.0 Å². The van der Waals surface area contributed by atoms with E-state index in [1.165, 1.54) is 17.8 Å². The summed E-state index contributed by atoms with van der Waals surface area (Å²) in [7, 11) is 0. The van der Waals surface area contributed by atoms with E-state index in [1.54, 1.807) is 30.3 Å². The molecular weight excluding hydrogens is 303 g/mol. The highest BCUT2D eigenvalue weighted by atomic mass is 32.2. The number of carbonyl (C=O) groups is 2. The minimum absolute atomic E-state index is 0.0368. The third-order valence-electron chi connectivity index (χ3n) is 3.21. The Bertz CT molecular complexity index is 749. The summed E-state index contributed by atoms with van der Waals surface area (Å²) >= 11 is 1.45. The summed E-state index contributed by atoms with van der Waals surface area (Å²) in [5, 5.41) is 5.48. The van der Waals surface area contributed by atoms with Crippen LogP contribution in [-0.2, 0) is 16.0 Å². The van der Waals surface area contributed by atoms with Gasteiger partial charge in [0.2, 0.25) is 11.8 Å². The molecule has 112 valence electrons. The van der Waals surface area contributed by atoms with Crippen molar-refractivity contribution in [1.29, 1.82) is 0 Å². The molecule has 2 aromatic rings. The molecule has 2 aromatic carbocycles. The highest BCUT2D eigenvalue weighted by Crippen LogP contribution is 2.33. The number of rotatable bonds is 3. The minimum atomic E-state index is -0.397. The molecular formula is C16H13FN2O2S. The molecule has 1 aliphatic heterocycles. The topological polar surface area (TPSA) is 58.2 Å². The number of hydrogen-bond acceptors (Lipinski definition) is 3. The number of benzene rings is 2. The summed E-state index contributed by atoms with van der Waals surface area (Å²) in [6, 6.07) is 11.5. The van der Waals surface area contributed by atoms with Crippen molar-refractivity contribution in [3.63, 3.8) is 0 Å². The van der Waals surface area contributed by atoms with Gasteiger partial charge in [0.25, 0.3) is 0 Å². The molecule has 2 amide bonds. The molecule has 0 saturated carbocycles. The van der Waals surface area contributed by atoms with Crippen LogP contribution in [0.5, 0.6) is 0 Å². The second-order valence-corrected chi connectivity index (χ2v) is 5.88. The van der Waals surface area contributed by atoms with Crippen LogP contribution < -0.4 is 10.6 Å². The SMILES string of the molecule is O=C(Cc1ccccc1F)Nc1ccc2c(c1)NC(=O)CS2. The Morgan fingerprint density at radius 1 is 1.27 bits per heavy atom. The maximum atomic E-state index is 13.5. The first-order chi connectivity index (χ1) is 10.6. The molecule has 0 aromatic heterocycles. The Morgan fingerprint density at radius 2 is 2.09 bits per heavy atom. The molecule has 2 N–H and O–H groups in total. The van der Waals surface area contributed by atoms with E-state index in [1.807, 2.05) is 6.07 Å². The van der Waals surface area contributed by atoms with Crippen molar-refractivity contribution < 1.29 is 14.0 Å². The predicted octanol–water partition coefficient (Wildman–Crippen LogP) is 3.05. The Morgan fingerprint density at radius 3 is 2.91 bits per heavy atom. The first kappa shape index (κ1) is 14.6. The molecule has 3 rings (SSSR count). The molecule has 0 bridgehead atoms. The summed E-state index contributed by atoms with van der Waals surface area (Å²) in [6.45, 7) is 0. The molecule has 0 radical (unpaired) electrons. The van der Waals surface area contributed by atoms with Gasteiger partial charge in [-0.15, -0.1) is 11.8 Å². The van der Waals surface area contributed by atoms with Crippen LogP contribution in [0.15, 0.2) is 47.4 Å². The second kappa shape index (κ2) is 6.19. The fourth-order valence-electron chi connectivity index (χ4n) is 2.18. The summed E-state index contributed by atoms with van der Waals surface area (Å²) in [5.74, 6) is -0.370. The average Bonchev–Trinajstić information content (AvgIpc) is 2.49. The summed E-state index contributed by atoms with van der Waals surface area (Å²) in [6.07, 6.45) is -0.0368. The van der Waals surface area contributed by atoms with Gasteiger partial charge in [0.05, 0.1) is 17.9 Å². The zero-order valence-electron chi connectivity index (χ0n) is 11.6. The van der Waals surface area contributed by atoms with Gasteiger partial charge < -0.3 is 10.6 Å². The molecule has 0 aliphatic carbocycles. The van der Waals surface area contributed by atoms with E-state index in [0.717, 1.165) is 4.90 Å². The van der Waals surface area contributed by atoms with Gasteiger partial charge >= 0.3 is 0 Å². The molecule has 1 heterocycles. The zero-order valence-corrected chi connectivity index (χ0v) is 12.4. The number of halogens is 1. The van der Waals surface area contributed by atoms with E-state index in [4.69, 9.17) is 0 Å². The summed E-state index contributed by atoms with van der Waals surface area (Å²) < 4.78 is 13.5. The van der Waals surface area contributed by atoms with Crippen LogP contribution in [0.1, 0.15) is 5.56 Å². The van der Waals surface area contributed by atoms with E-state index in [-0.39, 0.29) is 18.2 Å². The minimum Gasteiger partial charge on any atom is -0.326 e. The normalized spacial score (nSPS) is 13.2. The largest absolute Gasteiger partial charge is 0.326 e. The predicted molar refractivity (Wildman–Crippen MR) is 84.5 cm³/mol. The lowest BCUT2D eigenvalue weighted by atomic mass is 10.1. The van der Waals surface area contributed by atoms with E-state index in [2.05, 4.69) is 10.6 Å². The molecule has 0 fully saturated rings. The maximum absolute atomic E-state index is 13.5. The van der Waals surface area contributed by atoms with Crippen LogP contribution in [0.25, 0.3) is 0 Å². The Balaban J connectivity index is 1.71. The van der Waals surface area contributed by atoms with Crippen LogP contribution in [0.4, 0.5) is 15.8 Å². The number of nitrogens with one attached hydrogen (secondary N) is 2. The van der Waals surface area contributed by atoms with E-state index < -0.39 is 5.82 Å². The first-order valence-corrected chi connectivity index (χ1v) is 7.70. The fourth-order valence-corrected chi connectivity index (χ4v) is 2.97. The van der Waals surface area contributed by atoms with Crippen molar-refractivity contribution in [1.82, 2.24) is 0 Å². The zero-order chi connectivity index (χ0) is 15.5. The van der Waals surface area contributed by atoms with Gasteiger partial charge in [0.1, 0.15) is 5.82 Å². The number of hydrogen-bond donors (Lipinski definition) is 2. The van der Waals surface area contributed by atoms with Gasteiger partial charge in [-0.25, -0.2) is 4.39 Å². The molecule has 0 saturated heterocycles. The number of thioether (sulfide) groups is 1. The van der Waals surface area contributed by atoms with Crippen LogP contribution in [-0.4, -0.2) is 17.6 Å². The Hall–Kier alpha value is -2.34. The smallest absolute Gasteiger partial charge is 0.234 e. The van der Waals surface area contributed by atoms with Crippen molar-refractivity contribution in [2.75, 3.05) is 16.4 Å². The maximum Gasteiger partial charge on any atom is 0.234 e. The average molecular weight is 316 g/mol. The van der Waals surface area contributed by atoms with Gasteiger partial charge in [0.15, 0.2) is 0 Å². The van der Waals surface area contributed by atoms with Gasteiger partial charge in [-0.05, 0) is 29.8 Å². The van der Waals surface area contributed by atoms with Crippen molar-refractivity contribution in [3.8, 4) is 0 Å². The van der Waals surface area contributed by atoms with Gasteiger partial charge in [0, 0.05) is 10.6 Å². The quantitative estimate of drug-likeness (QED) is 0.915. The molecule has 4 nitrogen and oxygen atoms in total. The van der Waals surface area contributed by atoms with E-state index >= 15 is 0 Å². The highest BCUT2D eigenvalue weighted by Gasteiger charge is 2.16.